The summed E-state index contributed by atoms with van der Waals surface area (Å²) in [5.74, 6) is -2.43. The Kier molecular flexibility index (Phi) is 8.61. The second kappa shape index (κ2) is 11.9. The number of aryl methyl sites for hydroxylation is 1. The van der Waals surface area contributed by atoms with Crippen molar-refractivity contribution in [1.82, 2.24) is 10.3 Å². The average Bonchev–Trinajstić information content (AvgIpc) is 3.32. The van der Waals surface area contributed by atoms with Crippen LogP contribution in [-0.2, 0) is 11.0 Å². The molecule has 0 aliphatic rings. The molecule has 0 fully saturated rings. The molecule has 0 saturated carbocycles. The Bertz CT molecular complexity index is 1490. The molecule has 2 unspecified atom stereocenters. The number of halogens is 4. The number of carbonyl (C=O) groups excluding carboxylic acids is 1. The number of alkyl halides is 3. The number of rotatable bonds is 10. The molecule has 4 rings (SSSR count). The third-order valence-electron chi connectivity index (χ3n) is 7.08. The summed E-state index contributed by atoms with van der Waals surface area (Å²) in [6.45, 7) is 3.80. The molecule has 210 valence electrons. The number of amides is 1. The molecule has 1 amide bonds. The predicted octanol–water partition coefficient (Wildman–Crippen LogP) is 7.55. The molecule has 0 bridgehead atoms. The highest BCUT2D eigenvalue weighted by molar-refractivity contribution is 5.94. The number of carbonyl (C=O) groups is 2. The minimum absolute atomic E-state index is 0.000906. The van der Waals surface area contributed by atoms with Crippen molar-refractivity contribution in [2.45, 2.75) is 51.1 Å². The van der Waals surface area contributed by atoms with E-state index in [9.17, 15) is 27.2 Å². The smallest absolute Gasteiger partial charge is 0.416 e. The van der Waals surface area contributed by atoms with Crippen LogP contribution in [0.15, 0.2) is 66.9 Å². The number of carboxylic acid groups (broad SMARTS) is 1. The quantitative estimate of drug-likeness (QED) is 0.177. The summed E-state index contributed by atoms with van der Waals surface area (Å²) in [6, 6.07) is 15.3. The zero-order chi connectivity index (χ0) is 29.0. The summed E-state index contributed by atoms with van der Waals surface area (Å²) in [4.78, 5) is 26.2. The first-order valence-electron chi connectivity index (χ1n) is 13.0. The Morgan fingerprint density at radius 1 is 1.00 bits per heavy atom. The van der Waals surface area contributed by atoms with E-state index in [1.54, 1.807) is 25.3 Å². The van der Waals surface area contributed by atoms with Crippen LogP contribution in [-0.4, -0.2) is 28.5 Å². The van der Waals surface area contributed by atoms with Gasteiger partial charge >= 0.3 is 12.1 Å². The maximum absolute atomic E-state index is 14.8. The van der Waals surface area contributed by atoms with Crippen LogP contribution < -0.4 is 5.32 Å². The molecule has 1 aromatic heterocycles. The highest BCUT2D eigenvalue weighted by atomic mass is 19.4. The van der Waals surface area contributed by atoms with Crippen molar-refractivity contribution >= 4 is 22.8 Å². The molecule has 2 atom stereocenters. The zero-order valence-electron chi connectivity index (χ0n) is 22.1. The summed E-state index contributed by atoms with van der Waals surface area (Å²) in [6.07, 6.45) is -1.49. The number of nitrogens with one attached hydrogen (secondary N) is 2. The fraction of sp³-hybridized carbons (Fsp3) is 0.290. The SMILES string of the molecule is CCCC(c1ccc(C(=O)NCCC(=O)O)cc1)C(c1ccc(C(F)(F)F)cc1)c1c[nH]c2c(F)cc(C)cc12. The number of carboxylic acids is 1. The lowest BCUT2D eigenvalue weighted by atomic mass is 9.74. The van der Waals surface area contributed by atoms with Crippen LogP contribution in [0.2, 0.25) is 0 Å². The minimum atomic E-state index is -4.47. The van der Waals surface area contributed by atoms with Crippen LogP contribution in [0.1, 0.15) is 76.2 Å². The van der Waals surface area contributed by atoms with E-state index in [1.165, 1.54) is 18.2 Å². The Hall–Kier alpha value is -4.14. The molecule has 3 aromatic carbocycles. The third kappa shape index (κ3) is 6.35. The summed E-state index contributed by atoms with van der Waals surface area (Å²) in [5, 5.41) is 12.0. The molecule has 40 heavy (non-hydrogen) atoms. The van der Waals surface area contributed by atoms with Gasteiger partial charge in [0.15, 0.2) is 0 Å². The molecule has 0 aliphatic carbocycles. The monoisotopic (exact) mass is 554 g/mol. The molecule has 1 heterocycles. The second-order valence-electron chi connectivity index (χ2n) is 9.93. The number of benzene rings is 3. The van der Waals surface area contributed by atoms with E-state index in [2.05, 4.69) is 10.3 Å². The van der Waals surface area contributed by atoms with Crippen LogP contribution in [0, 0.1) is 12.7 Å². The van der Waals surface area contributed by atoms with Gasteiger partial charge in [-0.1, -0.05) is 37.6 Å². The molecule has 0 radical (unpaired) electrons. The van der Waals surface area contributed by atoms with Crippen molar-refractivity contribution in [2.24, 2.45) is 0 Å². The van der Waals surface area contributed by atoms with E-state index < -0.39 is 35.4 Å². The molecule has 0 spiro atoms. The van der Waals surface area contributed by atoms with Gasteiger partial charge in [-0.05, 0) is 77.9 Å². The van der Waals surface area contributed by atoms with E-state index in [0.29, 0.717) is 28.5 Å². The predicted molar refractivity (Wildman–Crippen MR) is 145 cm³/mol. The van der Waals surface area contributed by atoms with Gasteiger partial charge in [0.1, 0.15) is 5.82 Å². The topological polar surface area (TPSA) is 82.2 Å². The molecule has 9 heteroatoms. The first kappa shape index (κ1) is 28.9. The Balaban J connectivity index is 1.78. The number of fused-ring (bicyclic) bond motifs is 1. The lowest BCUT2D eigenvalue weighted by molar-refractivity contribution is -0.138. The van der Waals surface area contributed by atoms with Gasteiger partial charge in [0.05, 0.1) is 17.5 Å². The summed E-state index contributed by atoms with van der Waals surface area (Å²) < 4.78 is 54.9. The fourth-order valence-corrected chi connectivity index (χ4v) is 5.21. The second-order valence-corrected chi connectivity index (χ2v) is 9.93. The van der Waals surface area contributed by atoms with Gasteiger partial charge in [-0.15, -0.1) is 0 Å². The highest BCUT2D eigenvalue weighted by Gasteiger charge is 2.32. The van der Waals surface area contributed by atoms with Gasteiger partial charge in [0.2, 0.25) is 0 Å². The van der Waals surface area contributed by atoms with E-state index >= 15 is 0 Å². The van der Waals surface area contributed by atoms with Crippen LogP contribution in [0.25, 0.3) is 10.9 Å². The van der Waals surface area contributed by atoms with E-state index in [1.807, 2.05) is 25.1 Å². The lowest BCUT2D eigenvalue weighted by Crippen LogP contribution is -2.26. The lowest BCUT2D eigenvalue weighted by Gasteiger charge is -2.29. The van der Waals surface area contributed by atoms with Crippen LogP contribution in [0.5, 0.6) is 0 Å². The van der Waals surface area contributed by atoms with Crippen molar-refractivity contribution in [3.8, 4) is 0 Å². The molecule has 5 nitrogen and oxygen atoms in total. The normalized spacial score (nSPS) is 13.2. The minimum Gasteiger partial charge on any atom is -0.481 e. The number of hydrogen-bond donors (Lipinski definition) is 3. The first-order valence-corrected chi connectivity index (χ1v) is 13.0. The van der Waals surface area contributed by atoms with Crippen molar-refractivity contribution < 1.29 is 32.3 Å². The highest BCUT2D eigenvalue weighted by Crippen LogP contribution is 2.45. The van der Waals surface area contributed by atoms with Gasteiger partial charge < -0.3 is 15.4 Å². The van der Waals surface area contributed by atoms with Gasteiger partial charge in [0.25, 0.3) is 5.91 Å². The summed E-state index contributed by atoms with van der Waals surface area (Å²) in [5.41, 5.74) is 2.97. The van der Waals surface area contributed by atoms with E-state index in [0.717, 1.165) is 35.2 Å². The molecule has 4 aromatic rings. The molecule has 0 saturated heterocycles. The molecular formula is C31H30F4N2O3. The maximum Gasteiger partial charge on any atom is 0.416 e. The summed E-state index contributed by atoms with van der Waals surface area (Å²) >= 11 is 0. The van der Waals surface area contributed by atoms with Gasteiger partial charge in [-0.3, -0.25) is 9.59 Å². The van der Waals surface area contributed by atoms with Gasteiger partial charge in [-0.2, -0.15) is 13.2 Å². The number of aromatic nitrogens is 1. The third-order valence-corrected chi connectivity index (χ3v) is 7.08. The van der Waals surface area contributed by atoms with Gasteiger partial charge in [-0.25, -0.2) is 4.39 Å². The van der Waals surface area contributed by atoms with E-state index in [-0.39, 0.29) is 18.9 Å². The molecule has 0 aliphatic heterocycles. The fourth-order valence-electron chi connectivity index (χ4n) is 5.21. The average molecular weight is 555 g/mol. The Morgan fingerprint density at radius 2 is 1.65 bits per heavy atom. The number of aliphatic carboxylic acids is 1. The van der Waals surface area contributed by atoms with Crippen LogP contribution in [0.3, 0.4) is 0 Å². The van der Waals surface area contributed by atoms with Crippen LogP contribution >= 0.6 is 0 Å². The number of hydrogen-bond acceptors (Lipinski definition) is 2. The Labute approximate surface area is 229 Å². The maximum atomic E-state index is 14.8. The van der Waals surface area contributed by atoms with Crippen molar-refractivity contribution in [2.75, 3.05) is 6.54 Å². The zero-order valence-corrected chi connectivity index (χ0v) is 22.1. The molecular weight excluding hydrogens is 524 g/mol. The summed E-state index contributed by atoms with van der Waals surface area (Å²) in [7, 11) is 0. The van der Waals surface area contributed by atoms with Crippen LogP contribution in [0.4, 0.5) is 17.6 Å². The van der Waals surface area contributed by atoms with E-state index in [4.69, 9.17) is 5.11 Å². The largest absolute Gasteiger partial charge is 0.481 e. The number of aromatic amines is 1. The van der Waals surface area contributed by atoms with Crippen molar-refractivity contribution in [3.05, 3.63) is 106 Å². The molecule has 3 N–H and O–H groups in total. The van der Waals surface area contributed by atoms with Crippen molar-refractivity contribution in [1.29, 1.82) is 0 Å². The first-order chi connectivity index (χ1) is 19.0. The van der Waals surface area contributed by atoms with Gasteiger partial charge in [0, 0.05) is 29.6 Å². The van der Waals surface area contributed by atoms with Crippen molar-refractivity contribution in [3.63, 3.8) is 0 Å². The number of H-pyrrole nitrogens is 1. The standard InChI is InChI=1S/C31H30F4N2O3/c1-3-4-23(19-5-7-21(8-6-19)30(40)36-14-13-27(38)39)28(20-9-11-22(12-10-20)31(33,34)35)25-17-37-29-24(25)15-18(2)16-26(29)32/h5-12,15-17,23,28,37H,3-4,13-14H2,1-2H3,(H,36,40)(H,38,39). The Morgan fingerprint density at radius 3 is 2.25 bits per heavy atom.